The van der Waals surface area contributed by atoms with Gasteiger partial charge in [-0.05, 0) is 18.6 Å². The zero-order valence-electron chi connectivity index (χ0n) is 9.47. The average Bonchev–Trinajstić information content (AvgIpc) is 2.72. The molecule has 2 N–H and O–H groups in total. The Labute approximate surface area is 104 Å². The van der Waals surface area contributed by atoms with Crippen LogP contribution in [0.2, 0.25) is 0 Å². The van der Waals surface area contributed by atoms with Gasteiger partial charge in [0.25, 0.3) is 0 Å². The maximum atomic E-state index is 5.92. The number of benzene rings is 1. The van der Waals surface area contributed by atoms with E-state index in [4.69, 9.17) is 5.73 Å². The van der Waals surface area contributed by atoms with Crippen LogP contribution in [-0.2, 0) is 0 Å². The van der Waals surface area contributed by atoms with Gasteiger partial charge in [-0.2, -0.15) is 0 Å². The van der Waals surface area contributed by atoms with Gasteiger partial charge < -0.3 is 5.73 Å². The minimum Gasteiger partial charge on any atom is -0.398 e. The van der Waals surface area contributed by atoms with Crippen LogP contribution in [0, 0.1) is 6.92 Å². The summed E-state index contributed by atoms with van der Waals surface area (Å²) in [4.78, 5) is 5.44. The van der Waals surface area contributed by atoms with E-state index in [1.807, 2.05) is 11.6 Å². The van der Waals surface area contributed by atoms with E-state index in [2.05, 4.69) is 42.2 Å². The monoisotopic (exact) mass is 240 g/mol. The normalized spacial score (nSPS) is 10.9. The van der Waals surface area contributed by atoms with Gasteiger partial charge in [0.1, 0.15) is 4.83 Å². The van der Waals surface area contributed by atoms with Crippen LogP contribution in [0.4, 0.5) is 5.69 Å². The van der Waals surface area contributed by atoms with E-state index in [9.17, 15) is 0 Å². The van der Waals surface area contributed by atoms with Crippen LogP contribution in [0.3, 0.4) is 0 Å². The Morgan fingerprint density at radius 2 is 1.88 bits per heavy atom. The van der Waals surface area contributed by atoms with Gasteiger partial charge in [0.05, 0.1) is 5.69 Å². The number of fused-ring (bicyclic) bond motifs is 1. The van der Waals surface area contributed by atoms with Crippen LogP contribution in [-0.4, -0.2) is 4.98 Å². The largest absolute Gasteiger partial charge is 0.398 e. The smallest absolute Gasteiger partial charge is 0.125 e. The standard InChI is InChI=1S/C14H12N2S/c1-9-2-4-10(5-3-9)11-6-12-13(15)8-17-14(12)16-7-11/h2-8H,15H2,1H3. The van der Waals surface area contributed by atoms with Crippen molar-refractivity contribution in [3.8, 4) is 11.1 Å². The number of nitrogen functional groups attached to an aromatic ring is 1. The second-order valence-electron chi connectivity index (χ2n) is 4.13. The highest BCUT2D eigenvalue weighted by Gasteiger charge is 2.04. The predicted molar refractivity (Wildman–Crippen MR) is 74.2 cm³/mol. The fourth-order valence-electron chi connectivity index (χ4n) is 1.84. The SMILES string of the molecule is Cc1ccc(-c2cnc3scc(N)c3c2)cc1. The summed E-state index contributed by atoms with van der Waals surface area (Å²) < 4.78 is 0. The number of nitrogens with zero attached hydrogens (tertiary/aromatic N) is 1. The summed E-state index contributed by atoms with van der Waals surface area (Å²) in [7, 11) is 0. The maximum absolute atomic E-state index is 5.92. The second kappa shape index (κ2) is 3.86. The van der Waals surface area contributed by atoms with Crippen molar-refractivity contribution >= 4 is 27.2 Å². The molecule has 17 heavy (non-hydrogen) atoms. The Balaban J connectivity index is 2.17. The number of hydrogen-bond acceptors (Lipinski definition) is 3. The van der Waals surface area contributed by atoms with Gasteiger partial charge in [0.2, 0.25) is 0 Å². The van der Waals surface area contributed by atoms with Gasteiger partial charge >= 0.3 is 0 Å². The number of nitrogens with two attached hydrogens (primary N) is 1. The summed E-state index contributed by atoms with van der Waals surface area (Å²) in [5.41, 5.74) is 10.3. The van der Waals surface area contributed by atoms with Crippen molar-refractivity contribution in [2.24, 2.45) is 0 Å². The van der Waals surface area contributed by atoms with E-state index >= 15 is 0 Å². The molecule has 3 aromatic rings. The Morgan fingerprint density at radius 1 is 1.12 bits per heavy atom. The van der Waals surface area contributed by atoms with E-state index in [0.29, 0.717) is 0 Å². The van der Waals surface area contributed by atoms with Crippen LogP contribution in [0.5, 0.6) is 0 Å². The number of thiophene rings is 1. The lowest BCUT2D eigenvalue weighted by Crippen LogP contribution is -1.84. The molecule has 0 atom stereocenters. The lowest BCUT2D eigenvalue weighted by Gasteiger charge is -2.02. The molecule has 84 valence electrons. The number of pyridine rings is 1. The quantitative estimate of drug-likeness (QED) is 0.701. The first-order valence-corrected chi connectivity index (χ1v) is 6.32. The fraction of sp³-hybridized carbons (Fsp3) is 0.0714. The highest BCUT2D eigenvalue weighted by Crippen LogP contribution is 2.30. The van der Waals surface area contributed by atoms with Crippen molar-refractivity contribution in [1.82, 2.24) is 4.98 Å². The molecular formula is C14H12N2S. The molecule has 0 fully saturated rings. The van der Waals surface area contributed by atoms with Crippen molar-refractivity contribution in [2.45, 2.75) is 6.92 Å². The molecule has 0 amide bonds. The third-order valence-electron chi connectivity index (χ3n) is 2.84. The topological polar surface area (TPSA) is 38.9 Å². The zero-order valence-corrected chi connectivity index (χ0v) is 10.3. The number of aryl methyl sites for hydroxylation is 1. The summed E-state index contributed by atoms with van der Waals surface area (Å²) >= 11 is 1.58. The molecule has 0 aliphatic heterocycles. The van der Waals surface area contributed by atoms with Gasteiger partial charge in [0, 0.05) is 22.5 Å². The third-order valence-corrected chi connectivity index (χ3v) is 3.76. The number of aromatic nitrogens is 1. The molecule has 0 unspecified atom stereocenters. The molecule has 2 heterocycles. The van der Waals surface area contributed by atoms with E-state index in [-0.39, 0.29) is 0 Å². The summed E-state index contributed by atoms with van der Waals surface area (Å²) in [6.45, 7) is 2.09. The van der Waals surface area contributed by atoms with Crippen LogP contribution >= 0.6 is 11.3 Å². The minimum absolute atomic E-state index is 0.812. The minimum atomic E-state index is 0.812. The van der Waals surface area contributed by atoms with Crippen LogP contribution < -0.4 is 5.73 Å². The molecule has 0 spiro atoms. The molecule has 0 saturated heterocycles. The van der Waals surface area contributed by atoms with E-state index < -0.39 is 0 Å². The molecular weight excluding hydrogens is 228 g/mol. The molecule has 0 bridgehead atoms. The first-order chi connectivity index (χ1) is 8.24. The maximum Gasteiger partial charge on any atom is 0.125 e. The number of hydrogen-bond donors (Lipinski definition) is 1. The highest BCUT2D eigenvalue weighted by molar-refractivity contribution is 7.17. The van der Waals surface area contributed by atoms with E-state index in [1.54, 1.807) is 11.3 Å². The van der Waals surface area contributed by atoms with Crippen molar-refractivity contribution in [1.29, 1.82) is 0 Å². The molecule has 2 aromatic heterocycles. The summed E-state index contributed by atoms with van der Waals surface area (Å²) in [6.07, 6.45) is 1.91. The molecule has 0 aliphatic rings. The molecule has 1 aromatic carbocycles. The van der Waals surface area contributed by atoms with Crippen molar-refractivity contribution in [3.05, 3.63) is 47.5 Å². The van der Waals surface area contributed by atoms with Crippen LogP contribution in [0.25, 0.3) is 21.3 Å². The fourth-order valence-corrected chi connectivity index (χ4v) is 2.62. The lowest BCUT2D eigenvalue weighted by atomic mass is 10.1. The Bertz CT molecular complexity index is 668. The predicted octanol–water partition coefficient (Wildman–Crippen LogP) is 3.85. The Morgan fingerprint density at radius 3 is 2.65 bits per heavy atom. The van der Waals surface area contributed by atoms with E-state index in [1.165, 1.54) is 11.1 Å². The van der Waals surface area contributed by atoms with Crippen LogP contribution in [0.1, 0.15) is 5.56 Å². The number of anilines is 1. The summed E-state index contributed by atoms with van der Waals surface area (Å²) in [6, 6.07) is 10.5. The van der Waals surface area contributed by atoms with Gasteiger partial charge in [-0.15, -0.1) is 11.3 Å². The zero-order chi connectivity index (χ0) is 11.8. The van der Waals surface area contributed by atoms with Crippen molar-refractivity contribution in [3.63, 3.8) is 0 Å². The van der Waals surface area contributed by atoms with Gasteiger partial charge in [-0.1, -0.05) is 29.8 Å². The van der Waals surface area contributed by atoms with Crippen molar-refractivity contribution in [2.75, 3.05) is 5.73 Å². The Hall–Kier alpha value is -1.87. The molecule has 3 heteroatoms. The first kappa shape index (κ1) is 10.3. The molecule has 0 aliphatic carbocycles. The summed E-state index contributed by atoms with van der Waals surface area (Å²) in [5.74, 6) is 0. The van der Waals surface area contributed by atoms with Gasteiger partial charge in [-0.3, -0.25) is 0 Å². The van der Waals surface area contributed by atoms with Crippen molar-refractivity contribution < 1.29 is 0 Å². The molecule has 3 rings (SSSR count). The summed E-state index contributed by atoms with van der Waals surface area (Å²) in [5, 5.41) is 2.99. The number of rotatable bonds is 1. The average molecular weight is 240 g/mol. The molecule has 0 saturated carbocycles. The van der Waals surface area contributed by atoms with Gasteiger partial charge in [-0.25, -0.2) is 4.98 Å². The first-order valence-electron chi connectivity index (χ1n) is 5.44. The van der Waals surface area contributed by atoms with Gasteiger partial charge in [0.15, 0.2) is 0 Å². The molecule has 0 radical (unpaired) electrons. The lowest BCUT2D eigenvalue weighted by molar-refractivity contribution is 1.42. The molecule has 2 nitrogen and oxygen atoms in total. The second-order valence-corrected chi connectivity index (χ2v) is 4.99. The van der Waals surface area contributed by atoms with E-state index in [0.717, 1.165) is 21.5 Å². The highest BCUT2D eigenvalue weighted by atomic mass is 32.1. The Kier molecular flexibility index (Phi) is 2.34. The third kappa shape index (κ3) is 1.78. The van der Waals surface area contributed by atoms with Crippen LogP contribution in [0.15, 0.2) is 41.9 Å².